The molecule has 8 rings (SSSR count). The number of hydrogen-bond donors (Lipinski definition) is 2. The molecule has 7 unspecified atom stereocenters. The zero-order chi connectivity index (χ0) is 40.6. The summed E-state index contributed by atoms with van der Waals surface area (Å²) in [5.74, 6) is -0.722. The van der Waals surface area contributed by atoms with Crippen molar-refractivity contribution in [3.05, 3.63) is 131 Å². The topological polar surface area (TPSA) is 118 Å². The zero-order valence-electron chi connectivity index (χ0n) is 33.9. The fourth-order valence-electron chi connectivity index (χ4n) is 10.1. The van der Waals surface area contributed by atoms with Crippen LogP contribution in [0.2, 0.25) is 0 Å². The summed E-state index contributed by atoms with van der Waals surface area (Å²) >= 11 is 0. The van der Waals surface area contributed by atoms with Crippen LogP contribution in [0.5, 0.6) is 0 Å². The van der Waals surface area contributed by atoms with Crippen molar-refractivity contribution >= 4 is 17.9 Å². The lowest BCUT2D eigenvalue weighted by Crippen LogP contribution is -2.46. The molecule has 10 nitrogen and oxygen atoms in total. The van der Waals surface area contributed by atoms with E-state index in [-0.39, 0.29) is 50.2 Å². The van der Waals surface area contributed by atoms with Crippen LogP contribution in [0.1, 0.15) is 93.6 Å². The lowest BCUT2D eigenvalue weighted by molar-refractivity contribution is -0.276. The van der Waals surface area contributed by atoms with Crippen LogP contribution in [0.4, 0.5) is 4.79 Å². The van der Waals surface area contributed by atoms with Gasteiger partial charge in [-0.25, -0.2) is 4.79 Å². The average Bonchev–Trinajstić information content (AvgIpc) is 3.61. The van der Waals surface area contributed by atoms with Crippen LogP contribution in [-0.4, -0.2) is 64.1 Å². The Kier molecular flexibility index (Phi) is 11.3. The molecule has 4 aromatic carbocycles. The van der Waals surface area contributed by atoms with Gasteiger partial charge in [-0.05, 0) is 75.6 Å². The quantitative estimate of drug-likeness (QED) is 0.147. The predicted molar refractivity (Wildman–Crippen MR) is 220 cm³/mol. The number of carbonyl (C=O) groups is 3. The van der Waals surface area contributed by atoms with Gasteiger partial charge in [0.2, 0.25) is 5.91 Å². The summed E-state index contributed by atoms with van der Waals surface area (Å²) in [4.78, 5) is 42.7. The second-order valence-corrected chi connectivity index (χ2v) is 18.1. The van der Waals surface area contributed by atoms with Crippen molar-refractivity contribution in [3.8, 4) is 11.1 Å². The molecule has 3 amide bonds. The van der Waals surface area contributed by atoms with Crippen LogP contribution in [0.3, 0.4) is 0 Å². The van der Waals surface area contributed by atoms with Crippen molar-refractivity contribution in [3.63, 3.8) is 0 Å². The minimum Gasteiger partial charge on any atom is -0.445 e. The molecular weight excluding hydrogens is 731 g/mol. The van der Waals surface area contributed by atoms with E-state index in [1.54, 1.807) is 0 Å². The van der Waals surface area contributed by atoms with Gasteiger partial charge in [0.15, 0.2) is 6.29 Å². The zero-order valence-corrected chi connectivity index (χ0v) is 33.9. The number of aliphatic hydroxyl groups excluding tert-OH is 1. The fraction of sp³-hybridized carbons (Fsp3) is 0.438. The summed E-state index contributed by atoms with van der Waals surface area (Å²) in [6, 6.07) is 32.9. The smallest absolute Gasteiger partial charge is 0.408 e. The fourth-order valence-corrected chi connectivity index (χ4v) is 10.1. The first-order chi connectivity index (χ1) is 27.8. The highest BCUT2D eigenvalue weighted by atomic mass is 16.7. The van der Waals surface area contributed by atoms with E-state index in [0.29, 0.717) is 16.9 Å². The van der Waals surface area contributed by atoms with Gasteiger partial charge < -0.3 is 24.6 Å². The van der Waals surface area contributed by atoms with Crippen LogP contribution < -0.4 is 5.32 Å². The summed E-state index contributed by atoms with van der Waals surface area (Å²) in [5.41, 5.74) is 6.95. The molecule has 3 saturated heterocycles. The van der Waals surface area contributed by atoms with Crippen LogP contribution in [-0.2, 0) is 43.6 Å². The third-order valence-electron chi connectivity index (χ3n) is 12.6. The number of imide groups is 1. The molecule has 0 radical (unpaired) electrons. The van der Waals surface area contributed by atoms with Gasteiger partial charge in [0, 0.05) is 30.6 Å². The van der Waals surface area contributed by atoms with Gasteiger partial charge in [0.25, 0.3) is 5.91 Å². The Balaban J connectivity index is 0.977. The van der Waals surface area contributed by atoms with Crippen molar-refractivity contribution in [2.24, 2.45) is 16.7 Å². The maximum Gasteiger partial charge on any atom is 0.408 e. The van der Waals surface area contributed by atoms with E-state index >= 15 is 0 Å². The van der Waals surface area contributed by atoms with E-state index in [9.17, 15) is 19.5 Å². The van der Waals surface area contributed by atoms with Crippen molar-refractivity contribution < 1.29 is 33.7 Å². The lowest BCUT2D eigenvalue weighted by Gasteiger charge is -2.43. The third-order valence-corrected chi connectivity index (χ3v) is 12.6. The Bertz CT molecular complexity index is 2120. The molecule has 3 heterocycles. The minimum absolute atomic E-state index is 0.0104. The monoisotopic (exact) mass is 785 g/mol. The number of alkyl carbamates (subject to hydrolysis) is 1. The Morgan fingerprint density at radius 1 is 0.845 bits per heavy atom. The van der Waals surface area contributed by atoms with Gasteiger partial charge in [-0.15, -0.1) is 0 Å². The molecule has 2 bridgehead atoms. The first-order valence-electron chi connectivity index (χ1n) is 20.6. The number of likely N-dealkylation sites (tertiary alicyclic amines) is 2. The van der Waals surface area contributed by atoms with Gasteiger partial charge in [-0.3, -0.25) is 19.4 Å². The Hall–Kier alpha value is -4.87. The molecule has 2 N–H and O–H groups in total. The molecule has 4 fully saturated rings. The standard InChI is InChI=1S/C48H55N3O7/c1-31-41(26-50-30-48(4)24-39(50)23-47(2,3)29-48)57-45(58-43(31)35-18-16-32(27-52)17-19-35)38-15-9-14-37(21-38)36-13-8-12-34(20-36)25-51-42(53)22-40(44(51)54)49-46(55)56-28-33-10-6-5-7-11-33/h5-21,31,39-41,43,45,52H,22-30H2,1-4H3,(H,49,55). The van der Waals surface area contributed by atoms with Crippen molar-refractivity contribution in [2.75, 3.05) is 13.1 Å². The molecule has 4 aliphatic rings. The van der Waals surface area contributed by atoms with Gasteiger partial charge in [0.05, 0.1) is 31.8 Å². The summed E-state index contributed by atoms with van der Waals surface area (Å²) in [6.07, 6.45) is 1.91. The van der Waals surface area contributed by atoms with E-state index in [1.807, 2.05) is 84.9 Å². The summed E-state index contributed by atoms with van der Waals surface area (Å²) < 4.78 is 19.1. The second kappa shape index (κ2) is 16.4. The molecule has 1 saturated carbocycles. The molecule has 10 heteroatoms. The summed E-state index contributed by atoms with van der Waals surface area (Å²) in [6.45, 7) is 11.6. The Morgan fingerprint density at radius 3 is 2.33 bits per heavy atom. The number of aliphatic hydroxyl groups is 1. The molecular formula is C48H55N3O7. The van der Waals surface area contributed by atoms with Crippen molar-refractivity contribution in [1.82, 2.24) is 15.1 Å². The molecule has 304 valence electrons. The highest BCUT2D eigenvalue weighted by Gasteiger charge is 2.51. The highest BCUT2D eigenvalue weighted by Crippen LogP contribution is 2.53. The van der Waals surface area contributed by atoms with Gasteiger partial charge in [0.1, 0.15) is 12.6 Å². The molecule has 58 heavy (non-hydrogen) atoms. The molecule has 4 aromatic rings. The first-order valence-corrected chi connectivity index (χ1v) is 20.6. The predicted octanol–water partition coefficient (Wildman–Crippen LogP) is 8.09. The van der Waals surface area contributed by atoms with E-state index in [0.717, 1.165) is 52.0 Å². The van der Waals surface area contributed by atoms with E-state index in [2.05, 4.69) is 56.1 Å². The van der Waals surface area contributed by atoms with Gasteiger partial charge >= 0.3 is 6.09 Å². The molecule has 0 spiro atoms. The van der Waals surface area contributed by atoms with Gasteiger partial charge in [-0.2, -0.15) is 0 Å². The van der Waals surface area contributed by atoms with Crippen molar-refractivity contribution in [2.45, 2.75) is 104 Å². The van der Waals surface area contributed by atoms with Crippen molar-refractivity contribution in [1.29, 1.82) is 0 Å². The number of fused-ring (bicyclic) bond motifs is 2. The number of nitrogens with one attached hydrogen (secondary N) is 1. The van der Waals surface area contributed by atoms with E-state index < -0.39 is 24.3 Å². The Morgan fingerprint density at radius 2 is 1.57 bits per heavy atom. The van der Waals surface area contributed by atoms with Crippen LogP contribution >= 0.6 is 0 Å². The molecule has 7 atom stereocenters. The third kappa shape index (κ3) is 8.76. The van der Waals surface area contributed by atoms with E-state index in [1.165, 1.54) is 24.2 Å². The number of hydrogen-bond acceptors (Lipinski definition) is 8. The largest absolute Gasteiger partial charge is 0.445 e. The average molecular weight is 786 g/mol. The number of benzene rings is 4. The molecule has 3 aliphatic heterocycles. The van der Waals surface area contributed by atoms with Crippen LogP contribution in [0.25, 0.3) is 11.1 Å². The van der Waals surface area contributed by atoms with Crippen LogP contribution in [0.15, 0.2) is 103 Å². The van der Waals surface area contributed by atoms with Crippen LogP contribution in [0, 0.1) is 16.7 Å². The maximum absolute atomic E-state index is 13.3. The normalized spacial score (nSPS) is 28.1. The summed E-state index contributed by atoms with van der Waals surface area (Å²) in [7, 11) is 0. The molecule has 1 aliphatic carbocycles. The number of amides is 3. The number of nitrogens with zero attached hydrogens (tertiary/aromatic N) is 2. The number of rotatable bonds is 11. The maximum atomic E-state index is 13.3. The second-order valence-electron chi connectivity index (χ2n) is 18.1. The van der Waals surface area contributed by atoms with E-state index in [4.69, 9.17) is 14.2 Å². The molecule has 0 aromatic heterocycles. The number of carbonyl (C=O) groups excluding carboxylic acids is 3. The first kappa shape index (κ1) is 39.9. The number of ether oxygens (including phenoxy) is 3. The van der Waals surface area contributed by atoms with Gasteiger partial charge in [-0.1, -0.05) is 119 Å². The summed E-state index contributed by atoms with van der Waals surface area (Å²) in [5, 5.41) is 12.3. The Labute approximate surface area is 341 Å². The highest BCUT2D eigenvalue weighted by molar-refractivity contribution is 6.06. The lowest BCUT2D eigenvalue weighted by atomic mass is 9.65. The SMILES string of the molecule is CC1C(CN2CC3(C)CC2CC(C)(C)C3)OC(c2cccc(-c3cccc(CN4C(=O)CC(NC(=O)OCc5ccccc5)C4=O)c3)c2)OC1c1ccc(CO)cc1. The minimum atomic E-state index is -0.978.